The summed E-state index contributed by atoms with van der Waals surface area (Å²) in [4.78, 5) is 22.6. The van der Waals surface area contributed by atoms with Gasteiger partial charge in [-0.3, -0.25) is 9.59 Å². The summed E-state index contributed by atoms with van der Waals surface area (Å²) in [5, 5.41) is 20.2. The first-order valence-corrected chi connectivity index (χ1v) is 5.76. The first-order valence-electron chi connectivity index (χ1n) is 5.76. The van der Waals surface area contributed by atoms with Crippen molar-refractivity contribution in [2.45, 2.75) is 39.5 Å². The lowest BCUT2D eigenvalue weighted by Crippen LogP contribution is -2.33. The molecule has 0 spiro atoms. The molecule has 0 rings (SSSR count). The average Bonchev–Trinajstić information content (AvgIpc) is 2.31. The van der Waals surface area contributed by atoms with Crippen molar-refractivity contribution in [1.82, 2.24) is 4.90 Å². The quantitative estimate of drug-likeness (QED) is 0.130. The molecule has 0 saturated heterocycles. The molecule has 0 aromatic heterocycles. The maximum atomic E-state index is 10.7. The second-order valence-electron chi connectivity index (χ2n) is 3.88. The van der Waals surface area contributed by atoms with Gasteiger partial charge in [-0.2, -0.15) is 0 Å². The van der Waals surface area contributed by atoms with E-state index in [0.29, 0.717) is 18.8 Å². The Morgan fingerprint density at radius 1 is 1.22 bits per heavy atom. The van der Waals surface area contributed by atoms with Gasteiger partial charge in [0.15, 0.2) is 6.73 Å². The number of hydrogen-bond donors (Lipinski definition) is 2. The number of rotatable bonds is 8. The summed E-state index contributed by atoms with van der Waals surface area (Å²) >= 11 is 0. The van der Waals surface area contributed by atoms with E-state index in [9.17, 15) is 9.59 Å². The van der Waals surface area contributed by atoms with Gasteiger partial charge in [-0.25, -0.2) is 0 Å². The van der Waals surface area contributed by atoms with Crippen LogP contribution in [0.1, 0.15) is 39.5 Å². The van der Waals surface area contributed by atoms with E-state index in [0.717, 1.165) is 12.8 Å². The van der Waals surface area contributed by atoms with Gasteiger partial charge in [-0.05, 0) is 19.8 Å². The van der Waals surface area contributed by atoms with Crippen LogP contribution < -0.4 is 0 Å². The lowest BCUT2D eigenvalue weighted by atomic mass is 10.2. The number of carboxylic acids is 1. The van der Waals surface area contributed by atoms with Crippen molar-refractivity contribution in [3.63, 3.8) is 0 Å². The topological polar surface area (TPSA) is 99.4 Å². The van der Waals surface area contributed by atoms with Crippen molar-refractivity contribution in [3.05, 3.63) is 0 Å². The molecule has 0 aliphatic carbocycles. The Kier molecular flexibility index (Phi) is 8.34. The van der Waals surface area contributed by atoms with E-state index in [-0.39, 0.29) is 13.2 Å². The zero-order valence-corrected chi connectivity index (χ0v) is 10.8. The Morgan fingerprint density at radius 3 is 2.39 bits per heavy atom. The van der Waals surface area contributed by atoms with Crippen LogP contribution in [0.5, 0.6) is 0 Å². The number of carbonyl (C=O) groups excluding carboxylic acids is 1. The van der Waals surface area contributed by atoms with E-state index in [4.69, 9.17) is 15.1 Å². The van der Waals surface area contributed by atoms with Crippen LogP contribution in [0.3, 0.4) is 0 Å². The summed E-state index contributed by atoms with van der Waals surface area (Å²) in [5.41, 5.74) is 0. The van der Waals surface area contributed by atoms with Gasteiger partial charge in [-0.15, -0.1) is 0 Å². The molecule has 0 unspecified atom stereocenters. The number of carboxylic acid groups (broad SMARTS) is 1. The summed E-state index contributed by atoms with van der Waals surface area (Å²) < 4.78 is 4.82. The lowest BCUT2D eigenvalue weighted by molar-refractivity contribution is -0.144. The minimum atomic E-state index is -0.806. The highest BCUT2D eigenvalue weighted by molar-refractivity contribution is 5.79. The monoisotopic (exact) mass is 260 g/mol. The normalized spacial score (nSPS) is 11.1. The predicted octanol–water partition coefficient (Wildman–Crippen LogP) is 1.26. The summed E-state index contributed by atoms with van der Waals surface area (Å²) in [7, 11) is 0. The first-order chi connectivity index (χ1) is 8.47. The molecule has 0 fully saturated rings. The summed E-state index contributed by atoms with van der Waals surface area (Å²) in [6.07, 6.45) is 2.24. The minimum absolute atomic E-state index is 0.0319. The molecule has 0 atom stereocenters. The predicted molar refractivity (Wildman–Crippen MR) is 64.3 cm³/mol. The number of unbranched alkanes of at least 4 members (excludes halogenated alkanes) is 2. The zero-order chi connectivity index (χ0) is 14.0. The molecule has 0 amide bonds. The van der Waals surface area contributed by atoms with Crippen LogP contribution in [0.15, 0.2) is 5.16 Å². The van der Waals surface area contributed by atoms with Gasteiger partial charge in [-0.1, -0.05) is 11.6 Å². The molecule has 7 nitrogen and oxygen atoms in total. The summed E-state index contributed by atoms with van der Waals surface area (Å²) in [6, 6.07) is 0. The van der Waals surface area contributed by atoms with Crippen molar-refractivity contribution in [2.75, 3.05) is 13.3 Å². The smallest absolute Gasteiger partial charge is 0.304 e. The SMILES string of the molecule is CC(=O)OCN(CCCCCC(=O)O)/C(C)=N/O. The molecule has 0 saturated carbocycles. The van der Waals surface area contributed by atoms with Gasteiger partial charge in [0, 0.05) is 19.9 Å². The molecule has 104 valence electrons. The molecule has 0 aromatic rings. The Morgan fingerprint density at radius 2 is 1.89 bits per heavy atom. The average molecular weight is 260 g/mol. The number of amidine groups is 1. The van der Waals surface area contributed by atoms with E-state index in [1.54, 1.807) is 11.8 Å². The van der Waals surface area contributed by atoms with Crippen LogP contribution >= 0.6 is 0 Å². The van der Waals surface area contributed by atoms with Crippen molar-refractivity contribution in [1.29, 1.82) is 0 Å². The van der Waals surface area contributed by atoms with Crippen molar-refractivity contribution < 1.29 is 24.6 Å². The van der Waals surface area contributed by atoms with Gasteiger partial charge in [0.1, 0.15) is 5.84 Å². The number of esters is 1. The molecular formula is C11H20N2O5. The third kappa shape index (κ3) is 8.37. The number of nitrogens with zero attached hydrogens (tertiary/aromatic N) is 2. The third-order valence-corrected chi connectivity index (χ3v) is 2.34. The first kappa shape index (κ1) is 16.2. The standard InChI is InChI=1S/C11H20N2O5/c1-9(12-17)13(8-18-10(2)14)7-5-3-4-6-11(15)16/h17H,3-8H2,1-2H3,(H,15,16)/b12-9+. The van der Waals surface area contributed by atoms with E-state index in [2.05, 4.69) is 5.16 Å². The highest BCUT2D eigenvalue weighted by Gasteiger charge is 2.08. The van der Waals surface area contributed by atoms with E-state index < -0.39 is 11.9 Å². The lowest BCUT2D eigenvalue weighted by Gasteiger charge is -2.22. The third-order valence-electron chi connectivity index (χ3n) is 2.34. The molecule has 0 bridgehead atoms. The molecule has 0 aliphatic rings. The number of hydrogen-bond acceptors (Lipinski definition) is 5. The second-order valence-corrected chi connectivity index (χ2v) is 3.88. The van der Waals surface area contributed by atoms with E-state index in [1.807, 2.05) is 0 Å². The van der Waals surface area contributed by atoms with E-state index in [1.165, 1.54) is 6.92 Å². The highest BCUT2D eigenvalue weighted by atomic mass is 16.5. The number of ether oxygens (including phenoxy) is 1. The fraction of sp³-hybridized carbons (Fsp3) is 0.727. The van der Waals surface area contributed by atoms with E-state index >= 15 is 0 Å². The van der Waals surface area contributed by atoms with Crippen LogP contribution in [0.25, 0.3) is 0 Å². The Balaban J connectivity index is 3.94. The van der Waals surface area contributed by atoms with Crippen molar-refractivity contribution >= 4 is 17.8 Å². The van der Waals surface area contributed by atoms with Gasteiger partial charge in [0.2, 0.25) is 0 Å². The fourth-order valence-electron chi connectivity index (χ4n) is 1.31. The molecule has 0 aromatic carbocycles. The number of aliphatic carboxylic acids is 1. The van der Waals surface area contributed by atoms with Gasteiger partial charge >= 0.3 is 11.9 Å². The Bertz CT molecular complexity index is 304. The van der Waals surface area contributed by atoms with Crippen molar-refractivity contribution in [3.8, 4) is 0 Å². The van der Waals surface area contributed by atoms with Crippen LogP contribution in [-0.4, -0.2) is 46.3 Å². The summed E-state index contributed by atoms with van der Waals surface area (Å²) in [6.45, 7) is 3.48. The van der Waals surface area contributed by atoms with Gasteiger partial charge in [0.25, 0.3) is 0 Å². The maximum absolute atomic E-state index is 10.7. The number of oxime groups is 1. The Labute approximate surface area is 106 Å². The van der Waals surface area contributed by atoms with Crippen LogP contribution in [0.2, 0.25) is 0 Å². The molecule has 18 heavy (non-hydrogen) atoms. The largest absolute Gasteiger partial charge is 0.481 e. The molecule has 2 N–H and O–H groups in total. The highest BCUT2D eigenvalue weighted by Crippen LogP contribution is 2.03. The molecule has 7 heteroatoms. The molecular weight excluding hydrogens is 240 g/mol. The molecule has 0 aliphatic heterocycles. The molecule has 0 radical (unpaired) electrons. The zero-order valence-electron chi connectivity index (χ0n) is 10.8. The summed E-state index contributed by atoms with van der Waals surface area (Å²) in [5.74, 6) is -0.856. The van der Waals surface area contributed by atoms with Crippen molar-refractivity contribution in [2.24, 2.45) is 5.16 Å². The van der Waals surface area contributed by atoms with Crippen LogP contribution in [-0.2, 0) is 14.3 Å². The molecule has 0 heterocycles. The second kappa shape index (κ2) is 9.26. The maximum Gasteiger partial charge on any atom is 0.304 e. The minimum Gasteiger partial charge on any atom is -0.481 e. The fourth-order valence-corrected chi connectivity index (χ4v) is 1.31. The van der Waals surface area contributed by atoms with Gasteiger partial charge in [0.05, 0.1) is 0 Å². The Hall–Kier alpha value is -1.79. The van der Waals surface area contributed by atoms with Crippen LogP contribution in [0.4, 0.5) is 0 Å². The van der Waals surface area contributed by atoms with Gasteiger partial charge < -0.3 is 20.0 Å². The number of carbonyl (C=O) groups is 2. The van der Waals surface area contributed by atoms with Crippen LogP contribution in [0, 0.1) is 0 Å².